The smallest absolute Gasteiger partial charge is 0.419 e. The predicted molar refractivity (Wildman–Crippen MR) is 131 cm³/mol. The monoisotopic (exact) mass is 463 g/mol. The Morgan fingerprint density at radius 2 is 1.85 bits per heavy atom. The van der Waals surface area contributed by atoms with Crippen LogP contribution in [-0.4, -0.2) is 61.1 Å². The van der Waals surface area contributed by atoms with Gasteiger partial charge in [0.1, 0.15) is 6.54 Å². The van der Waals surface area contributed by atoms with Crippen LogP contribution in [0.15, 0.2) is 41.4 Å². The molecule has 178 valence electrons. The van der Waals surface area contributed by atoms with E-state index in [-0.39, 0.29) is 12.5 Å². The molecule has 0 fully saturated rings. The highest BCUT2D eigenvalue weighted by molar-refractivity contribution is 6.20. The number of benzodiazepines with no additional fused rings is 1. The van der Waals surface area contributed by atoms with E-state index < -0.39 is 11.6 Å². The molecule has 2 aromatic rings. The van der Waals surface area contributed by atoms with Crippen molar-refractivity contribution in [2.24, 2.45) is 4.99 Å². The molecule has 3 rings (SSSR count). The van der Waals surface area contributed by atoms with Gasteiger partial charge >= 0.3 is 6.09 Å². The van der Waals surface area contributed by atoms with Gasteiger partial charge in [0, 0.05) is 36.7 Å². The Morgan fingerprint density at radius 3 is 2.47 bits per heavy atom. The number of methoxy groups -OCH3 is 2. The van der Waals surface area contributed by atoms with Gasteiger partial charge in [0.25, 0.3) is 0 Å². The second-order valence-electron chi connectivity index (χ2n) is 8.80. The fraction of sp³-hybridized carbons (Fsp3) is 0.346. The number of anilines is 1. The van der Waals surface area contributed by atoms with Crippen LogP contribution in [0.1, 0.15) is 37.5 Å². The number of benzene rings is 2. The first-order valence-electron chi connectivity index (χ1n) is 10.7. The molecule has 0 saturated heterocycles. The molecule has 0 bridgehead atoms. The van der Waals surface area contributed by atoms with Crippen molar-refractivity contribution in [3.05, 3.63) is 53.1 Å². The van der Waals surface area contributed by atoms with Crippen LogP contribution in [-0.2, 0) is 11.2 Å². The molecule has 1 aliphatic heterocycles. The summed E-state index contributed by atoms with van der Waals surface area (Å²) in [6, 6.07) is 14.0. The zero-order chi connectivity index (χ0) is 25.0. The highest BCUT2D eigenvalue weighted by Crippen LogP contribution is 2.37. The van der Waals surface area contributed by atoms with Crippen molar-refractivity contribution in [3.8, 4) is 23.5 Å². The van der Waals surface area contributed by atoms with Crippen molar-refractivity contribution in [2.45, 2.75) is 32.7 Å². The third-order valence-corrected chi connectivity index (χ3v) is 5.41. The molecule has 1 N–H and O–H groups in total. The predicted octanol–water partition coefficient (Wildman–Crippen LogP) is 3.80. The number of nitrogens with zero attached hydrogens (tertiary/aromatic N) is 3. The van der Waals surface area contributed by atoms with Crippen LogP contribution in [0.25, 0.3) is 0 Å². The molecule has 1 heterocycles. The summed E-state index contributed by atoms with van der Waals surface area (Å²) >= 11 is 0. The van der Waals surface area contributed by atoms with Gasteiger partial charge in [-0.15, -0.1) is 0 Å². The van der Waals surface area contributed by atoms with E-state index in [1.165, 1.54) is 0 Å². The van der Waals surface area contributed by atoms with Crippen molar-refractivity contribution in [1.82, 2.24) is 4.90 Å². The number of hydrogen-bond acceptors (Lipinski definition) is 5. The number of likely N-dealkylation sites (N-methyl/N-ethyl adjacent to an activating group) is 1. The second kappa shape index (κ2) is 9.87. The number of carbonyl (C=O) groups is 2. The SMILES string of the molecule is COc1cc2c(cc1OC)N(C)C(=O)CN=C2c1cccc(CC#CN(C(=O)O)C(C)(C)C)c1. The Morgan fingerprint density at radius 1 is 1.18 bits per heavy atom. The first-order chi connectivity index (χ1) is 16.1. The van der Waals surface area contributed by atoms with Crippen LogP contribution in [0.3, 0.4) is 0 Å². The van der Waals surface area contributed by atoms with E-state index in [2.05, 4.69) is 17.0 Å². The molecule has 8 nitrogen and oxygen atoms in total. The van der Waals surface area contributed by atoms with Gasteiger partial charge in [0.15, 0.2) is 11.5 Å². The zero-order valence-electron chi connectivity index (χ0n) is 20.3. The van der Waals surface area contributed by atoms with Crippen LogP contribution in [0.4, 0.5) is 10.5 Å². The Bertz CT molecular complexity index is 1200. The van der Waals surface area contributed by atoms with E-state index in [1.54, 1.807) is 53.0 Å². The molecular weight excluding hydrogens is 434 g/mol. The second-order valence-corrected chi connectivity index (χ2v) is 8.80. The minimum Gasteiger partial charge on any atom is -0.493 e. The average Bonchev–Trinajstić information content (AvgIpc) is 2.91. The van der Waals surface area contributed by atoms with Crippen molar-refractivity contribution in [2.75, 3.05) is 32.7 Å². The number of carboxylic acid groups (broad SMARTS) is 1. The highest BCUT2D eigenvalue weighted by Gasteiger charge is 2.26. The first kappa shape index (κ1) is 24.6. The summed E-state index contributed by atoms with van der Waals surface area (Å²) in [6.45, 7) is 5.38. The van der Waals surface area contributed by atoms with Gasteiger partial charge in [-0.25, -0.2) is 9.69 Å². The molecule has 0 radical (unpaired) electrons. The molecule has 2 amide bonds. The number of carbonyl (C=O) groups excluding carboxylic acids is 1. The van der Waals surface area contributed by atoms with E-state index in [0.717, 1.165) is 21.6 Å². The fourth-order valence-corrected chi connectivity index (χ4v) is 3.61. The fourth-order valence-electron chi connectivity index (χ4n) is 3.61. The molecule has 34 heavy (non-hydrogen) atoms. The Labute approximate surface area is 199 Å². The van der Waals surface area contributed by atoms with Crippen molar-refractivity contribution in [1.29, 1.82) is 0 Å². The van der Waals surface area contributed by atoms with Gasteiger partial charge in [-0.1, -0.05) is 24.1 Å². The zero-order valence-corrected chi connectivity index (χ0v) is 20.3. The van der Waals surface area contributed by atoms with Crippen molar-refractivity contribution >= 4 is 23.4 Å². The molecule has 0 aromatic heterocycles. The molecule has 0 atom stereocenters. The summed E-state index contributed by atoms with van der Waals surface area (Å²) in [5.41, 5.74) is 3.17. The van der Waals surface area contributed by atoms with E-state index in [4.69, 9.17) is 9.47 Å². The highest BCUT2D eigenvalue weighted by atomic mass is 16.5. The number of hydrogen-bond donors (Lipinski definition) is 1. The van der Waals surface area contributed by atoms with Crippen LogP contribution >= 0.6 is 0 Å². The lowest BCUT2D eigenvalue weighted by atomic mass is 9.97. The lowest BCUT2D eigenvalue weighted by Crippen LogP contribution is -2.41. The number of amides is 2. The summed E-state index contributed by atoms with van der Waals surface area (Å²) in [6.07, 6.45) is -0.727. The molecule has 0 aliphatic carbocycles. The molecule has 2 aromatic carbocycles. The van der Waals surface area contributed by atoms with Crippen molar-refractivity contribution in [3.63, 3.8) is 0 Å². The number of aliphatic imine (C=N–C) groups is 1. The molecule has 0 unspecified atom stereocenters. The van der Waals surface area contributed by atoms with E-state index >= 15 is 0 Å². The van der Waals surface area contributed by atoms with Crippen LogP contribution in [0.2, 0.25) is 0 Å². The maximum Gasteiger partial charge on any atom is 0.419 e. The average molecular weight is 464 g/mol. The van der Waals surface area contributed by atoms with Crippen molar-refractivity contribution < 1.29 is 24.2 Å². The number of ether oxygens (including phenoxy) is 2. The first-order valence-corrected chi connectivity index (χ1v) is 10.7. The lowest BCUT2D eigenvalue weighted by Gasteiger charge is -2.27. The largest absolute Gasteiger partial charge is 0.493 e. The summed E-state index contributed by atoms with van der Waals surface area (Å²) in [5, 5.41) is 9.42. The van der Waals surface area contributed by atoms with Gasteiger partial charge in [-0.2, -0.15) is 0 Å². The van der Waals surface area contributed by atoms with Gasteiger partial charge in [0.2, 0.25) is 5.91 Å². The summed E-state index contributed by atoms with van der Waals surface area (Å²) in [4.78, 5) is 31.4. The third-order valence-electron chi connectivity index (χ3n) is 5.41. The third kappa shape index (κ3) is 5.15. The van der Waals surface area contributed by atoms with Gasteiger partial charge < -0.3 is 19.5 Å². The van der Waals surface area contributed by atoms with Crippen LogP contribution < -0.4 is 14.4 Å². The normalized spacial score (nSPS) is 13.2. The Balaban J connectivity index is 2.01. The minimum absolute atomic E-state index is 0.00827. The summed E-state index contributed by atoms with van der Waals surface area (Å²) < 4.78 is 10.9. The molecule has 8 heteroatoms. The standard InChI is InChI=1S/C26H29N3O5/c1-26(2,3)29(25(31)32)12-8-10-17-9-7-11-18(13-17)24-19-14-21(33-5)22(34-6)15-20(19)28(4)23(30)16-27-24/h7,9,11,13-15H,10,16H2,1-6H3,(H,31,32). The molecule has 0 saturated carbocycles. The molecule has 0 spiro atoms. The number of rotatable bonds is 4. The minimum atomic E-state index is -1.09. The van der Waals surface area contributed by atoms with Crippen LogP contribution in [0, 0.1) is 12.0 Å². The van der Waals surface area contributed by atoms with Gasteiger partial charge in [-0.05, 0) is 38.5 Å². The van der Waals surface area contributed by atoms with Gasteiger partial charge in [0.05, 0.1) is 31.2 Å². The summed E-state index contributed by atoms with van der Waals surface area (Å²) in [7, 11) is 4.82. The maximum absolute atomic E-state index is 12.6. The molecule has 1 aliphatic rings. The Hall–Kier alpha value is -3.99. The lowest BCUT2D eigenvalue weighted by molar-refractivity contribution is -0.116. The van der Waals surface area contributed by atoms with E-state index in [0.29, 0.717) is 29.3 Å². The van der Waals surface area contributed by atoms with Gasteiger partial charge in [-0.3, -0.25) is 9.79 Å². The maximum atomic E-state index is 12.6. The van der Waals surface area contributed by atoms with E-state index in [9.17, 15) is 14.7 Å². The topological polar surface area (TPSA) is 91.7 Å². The van der Waals surface area contributed by atoms with Crippen LogP contribution in [0.5, 0.6) is 11.5 Å². The quantitative estimate of drug-likeness (QED) is 0.550. The molecular formula is C26H29N3O5. The Kier molecular flexibility index (Phi) is 7.16. The number of fused-ring (bicyclic) bond motifs is 1. The van der Waals surface area contributed by atoms with E-state index in [1.807, 2.05) is 30.3 Å². The summed E-state index contributed by atoms with van der Waals surface area (Å²) in [5.74, 6) is 3.88.